The number of thioether (sulfide) groups is 1. The van der Waals surface area contributed by atoms with E-state index in [0.29, 0.717) is 17.5 Å². The Balaban J connectivity index is 1.55. The number of benzene rings is 2. The third-order valence-corrected chi connectivity index (χ3v) is 4.43. The van der Waals surface area contributed by atoms with Gasteiger partial charge in [0, 0.05) is 12.1 Å². The number of H-pyrrole nitrogens is 1. The largest absolute Gasteiger partial charge is 0.351 e. The van der Waals surface area contributed by atoms with Gasteiger partial charge in [-0.1, -0.05) is 72.4 Å². The van der Waals surface area contributed by atoms with Gasteiger partial charge in [-0.15, -0.1) is 5.10 Å². The van der Waals surface area contributed by atoms with E-state index in [1.807, 2.05) is 67.6 Å². The van der Waals surface area contributed by atoms with Gasteiger partial charge in [-0.25, -0.2) is 4.98 Å². The van der Waals surface area contributed by atoms with Crippen LogP contribution >= 0.6 is 11.8 Å². The number of rotatable bonds is 6. The molecule has 2 N–H and O–H groups in total. The van der Waals surface area contributed by atoms with E-state index in [0.717, 1.165) is 11.1 Å². The average Bonchev–Trinajstić information content (AvgIpc) is 3.10. The van der Waals surface area contributed by atoms with Crippen LogP contribution in [0.15, 0.2) is 65.8 Å². The minimum absolute atomic E-state index is 0.0325. The van der Waals surface area contributed by atoms with Crippen LogP contribution in [0.4, 0.5) is 0 Å². The first kappa shape index (κ1) is 16.3. The Morgan fingerprint density at radius 1 is 1.12 bits per heavy atom. The van der Waals surface area contributed by atoms with Crippen molar-refractivity contribution < 1.29 is 4.79 Å². The summed E-state index contributed by atoms with van der Waals surface area (Å²) in [6, 6.07) is 19.6. The molecule has 0 aliphatic rings. The van der Waals surface area contributed by atoms with E-state index in [4.69, 9.17) is 0 Å². The minimum Gasteiger partial charge on any atom is -0.351 e. The Kier molecular flexibility index (Phi) is 5.28. The molecule has 0 saturated carbocycles. The smallest absolute Gasteiger partial charge is 0.233 e. The van der Waals surface area contributed by atoms with Crippen molar-refractivity contribution >= 4 is 17.7 Å². The number of aromatic amines is 1. The van der Waals surface area contributed by atoms with E-state index in [1.165, 1.54) is 11.8 Å². The normalized spacial score (nSPS) is 11.9. The van der Waals surface area contributed by atoms with E-state index >= 15 is 0 Å². The molecule has 1 atom stereocenters. The molecule has 24 heavy (non-hydrogen) atoms. The highest BCUT2D eigenvalue weighted by Gasteiger charge is 2.17. The summed E-state index contributed by atoms with van der Waals surface area (Å²) in [5, 5.41) is 10.3. The van der Waals surface area contributed by atoms with Gasteiger partial charge in [0.05, 0.1) is 5.25 Å². The topological polar surface area (TPSA) is 70.7 Å². The summed E-state index contributed by atoms with van der Waals surface area (Å²) in [6.07, 6.45) is 0. The molecule has 3 rings (SSSR count). The number of carbonyl (C=O) groups excluding carboxylic acids is 1. The molecule has 3 aromatic rings. The van der Waals surface area contributed by atoms with Crippen LogP contribution in [0.2, 0.25) is 0 Å². The van der Waals surface area contributed by atoms with Crippen LogP contribution in [0.1, 0.15) is 12.5 Å². The third kappa shape index (κ3) is 4.23. The van der Waals surface area contributed by atoms with Crippen molar-refractivity contribution in [1.29, 1.82) is 0 Å². The summed E-state index contributed by atoms with van der Waals surface area (Å²) in [7, 11) is 0. The van der Waals surface area contributed by atoms with Crippen LogP contribution in [-0.2, 0) is 11.3 Å². The van der Waals surface area contributed by atoms with Crippen LogP contribution in [-0.4, -0.2) is 26.3 Å². The fourth-order valence-corrected chi connectivity index (χ4v) is 2.91. The first-order valence-electron chi connectivity index (χ1n) is 7.68. The maximum absolute atomic E-state index is 12.2. The molecule has 5 nitrogen and oxygen atoms in total. The van der Waals surface area contributed by atoms with E-state index < -0.39 is 0 Å². The Morgan fingerprint density at radius 3 is 2.50 bits per heavy atom. The third-order valence-electron chi connectivity index (χ3n) is 3.47. The quantitative estimate of drug-likeness (QED) is 0.677. The highest BCUT2D eigenvalue weighted by atomic mass is 32.2. The molecule has 2 aromatic carbocycles. The number of amides is 1. The molecule has 1 heterocycles. The highest BCUT2D eigenvalue weighted by Crippen LogP contribution is 2.22. The Labute approximate surface area is 144 Å². The molecule has 0 radical (unpaired) electrons. The molecule has 0 fully saturated rings. The molecule has 0 spiro atoms. The lowest BCUT2D eigenvalue weighted by Crippen LogP contribution is -2.30. The van der Waals surface area contributed by atoms with Gasteiger partial charge in [-0.05, 0) is 12.5 Å². The lowest BCUT2D eigenvalue weighted by molar-refractivity contribution is -0.120. The van der Waals surface area contributed by atoms with Crippen LogP contribution < -0.4 is 5.32 Å². The number of nitrogens with zero attached hydrogens (tertiary/aromatic N) is 2. The fraction of sp³-hybridized carbons (Fsp3) is 0.167. The first-order valence-corrected chi connectivity index (χ1v) is 8.56. The van der Waals surface area contributed by atoms with Crippen LogP contribution in [0.25, 0.3) is 11.4 Å². The van der Waals surface area contributed by atoms with E-state index in [2.05, 4.69) is 20.5 Å². The van der Waals surface area contributed by atoms with Gasteiger partial charge in [-0.3, -0.25) is 9.89 Å². The van der Waals surface area contributed by atoms with Crippen molar-refractivity contribution in [2.24, 2.45) is 0 Å². The molecule has 0 aliphatic heterocycles. The molecule has 122 valence electrons. The van der Waals surface area contributed by atoms with Crippen molar-refractivity contribution in [3.05, 3.63) is 66.2 Å². The molecule has 0 saturated heterocycles. The number of aromatic nitrogens is 3. The molecule has 0 aliphatic carbocycles. The Morgan fingerprint density at radius 2 is 1.79 bits per heavy atom. The number of hydrogen-bond donors (Lipinski definition) is 2. The zero-order valence-electron chi connectivity index (χ0n) is 13.3. The van der Waals surface area contributed by atoms with Crippen LogP contribution in [0.5, 0.6) is 0 Å². The highest BCUT2D eigenvalue weighted by molar-refractivity contribution is 8.00. The van der Waals surface area contributed by atoms with Crippen molar-refractivity contribution in [2.45, 2.75) is 23.9 Å². The van der Waals surface area contributed by atoms with Gasteiger partial charge < -0.3 is 5.32 Å². The Hall–Kier alpha value is -2.60. The molecular weight excluding hydrogens is 320 g/mol. The van der Waals surface area contributed by atoms with Gasteiger partial charge in [-0.2, -0.15) is 0 Å². The fourth-order valence-electron chi connectivity index (χ4n) is 2.16. The van der Waals surface area contributed by atoms with Gasteiger partial charge >= 0.3 is 0 Å². The first-order chi connectivity index (χ1) is 11.7. The average molecular weight is 338 g/mol. The summed E-state index contributed by atoms with van der Waals surface area (Å²) in [6.45, 7) is 2.37. The van der Waals surface area contributed by atoms with Crippen LogP contribution in [0.3, 0.4) is 0 Å². The second-order valence-corrected chi connectivity index (χ2v) is 6.60. The summed E-state index contributed by atoms with van der Waals surface area (Å²) >= 11 is 1.34. The van der Waals surface area contributed by atoms with Crippen LogP contribution in [0, 0.1) is 0 Å². The number of carbonyl (C=O) groups is 1. The zero-order chi connectivity index (χ0) is 16.8. The van der Waals surface area contributed by atoms with Gasteiger partial charge in [0.15, 0.2) is 5.82 Å². The second kappa shape index (κ2) is 7.79. The summed E-state index contributed by atoms with van der Waals surface area (Å²) in [5.74, 6) is 0.671. The summed E-state index contributed by atoms with van der Waals surface area (Å²) in [5.41, 5.74) is 2.05. The minimum atomic E-state index is -0.270. The van der Waals surface area contributed by atoms with Gasteiger partial charge in [0.25, 0.3) is 0 Å². The molecular formula is C18H18N4OS. The van der Waals surface area contributed by atoms with E-state index in [9.17, 15) is 4.79 Å². The molecule has 1 unspecified atom stereocenters. The standard InChI is InChI=1S/C18H18N4OS/c1-13(17(23)19-12-14-8-4-2-5-9-14)24-18-20-16(21-22-18)15-10-6-3-7-11-15/h2-11,13H,12H2,1H3,(H,19,23)(H,20,21,22). The van der Waals surface area contributed by atoms with Crippen molar-refractivity contribution in [3.8, 4) is 11.4 Å². The summed E-state index contributed by atoms with van der Waals surface area (Å²) in [4.78, 5) is 16.6. The molecule has 1 aromatic heterocycles. The predicted molar refractivity (Wildman–Crippen MR) is 95.4 cm³/mol. The molecule has 6 heteroatoms. The van der Waals surface area contributed by atoms with Crippen molar-refractivity contribution in [2.75, 3.05) is 0 Å². The SMILES string of the molecule is CC(Sc1n[nH]c(-c2ccccc2)n1)C(=O)NCc1ccccc1. The maximum atomic E-state index is 12.2. The van der Waals surface area contributed by atoms with Crippen molar-refractivity contribution in [3.63, 3.8) is 0 Å². The van der Waals surface area contributed by atoms with E-state index in [1.54, 1.807) is 0 Å². The predicted octanol–water partition coefficient (Wildman–Crippen LogP) is 3.27. The van der Waals surface area contributed by atoms with E-state index in [-0.39, 0.29) is 11.2 Å². The lowest BCUT2D eigenvalue weighted by atomic mass is 10.2. The molecule has 0 bridgehead atoms. The van der Waals surface area contributed by atoms with Gasteiger partial charge in [0.2, 0.25) is 11.1 Å². The zero-order valence-corrected chi connectivity index (χ0v) is 14.1. The maximum Gasteiger partial charge on any atom is 0.233 e. The number of nitrogens with one attached hydrogen (secondary N) is 2. The van der Waals surface area contributed by atoms with Crippen molar-refractivity contribution in [1.82, 2.24) is 20.5 Å². The van der Waals surface area contributed by atoms with Gasteiger partial charge in [0.1, 0.15) is 0 Å². The molecule has 1 amide bonds. The number of hydrogen-bond acceptors (Lipinski definition) is 4. The second-order valence-electron chi connectivity index (χ2n) is 5.30. The summed E-state index contributed by atoms with van der Waals surface area (Å²) < 4.78 is 0. The monoisotopic (exact) mass is 338 g/mol. The lowest BCUT2D eigenvalue weighted by Gasteiger charge is -2.10. The Bertz CT molecular complexity index is 789.